The van der Waals surface area contributed by atoms with E-state index in [0.29, 0.717) is 6.04 Å². The highest BCUT2D eigenvalue weighted by atomic mass is 32.1. The lowest BCUT2D eigenvalue weighted by Crippen LogP contribution is -2.16. The lowest BCUT2D eigenvalue weighted by atomic mass is 9.94. The average molecular weight is 273 g/mol. The Labute approximate surface area is 118 Å². The standard InChI is InChI=1S/C15H19N3S/c1-18(2)15-7-6-11(10-16-15)17-13-4-3-5-14-12(13)8-9-19-14/h6-10,13,17H,3-5H2,1-2H3. The van der Waals surface area contributed by atoms with Gasteiger partial charge in [-0.1, -0.05) is 0 Å². The number of rotatable bonds is 3. The van der Waals surface area contributed by atoms with Crippen molar-refractivity contribution < 1.29 is 0 Å². The number of hydrogen-bond acceptors (Lipinski definition) is 4. The Morgan fingerprint density at radius 1 is 1.32 bits per heavy atom. The Morgan fingerprint density at radius 3 is 2.95 bits per heavy atom. The van der Waals surface area contributed by atoms with Crippen LogP contribution in [0.15, 0.2) is 29.8 Å². The maximum Gasteiger partial charge on any atom is 0.128 e. The number of thiophene rings is 1. The fourth-order valence-electron chi connectivity index (χ4n) is 2.57. The molecule has 1 aliphatic carbocycles. The summed E-state index contributed by atoms with van der Waals surface area (Å²) in [4.78, 5) is 8.01. The second-order valence-corrected chi connectivity index (χ2v) is 6.19. The van der Waals surface area contributed by atoms with Gasteiger partial charge in [0.1, 0.15) is 5.82 Å². The first-order chi connectivity index (χ1) is 9.24. The molecule has 1 N–H and O–H groups in total. The van der Waals surface area contributed by atoms with Gasteiger partial charge in [0, 0.05) is 19.0 Å². The van der Waals surface area contributed by atoms with Crippen LogP contribution >= 0.6 is 11.3 Å². The normalized spacial score (nSPS) is 17.9. The van der Waals surface area contributed by atoms with Gasteiger partial charge in [-0.15, -0.1) is 11.3 Å². The van der Waals surface area contributed by atoms with Gasteiger partial charge in [0.15, 0.2) is 0 Å². The minimum Gasteiger partial charge on any atom is -0.377 e. The van der Waals surface area contributed by atoms with E-state index in [9.17, 15) is 0 Å². The summed E-state index contributed by atoms with van der Waals surface area (Å²) in [5.74, 6) is 0.991. The van der Waals surface area contributed by atoms with Crippen molar-refractivity contribution in [1.29, 1.82) is 0 Å². The largest absolute Gasteiger partial charge is 0.377 e. The SMILES string of the molecule is CN(C)c1ccc(NC2CCCc3sccc32)cn1. The zero-order chi connectivity index (χ0) is 13.2. The molecule has 0 aliphatic heterocycles. The molecule has 1 atom stereocenters. The molecule has 0 amide bonds. The molecule has 0 saturated carbocycles. The first-order valence-electron chi connectivity index (χ1n) is 6.70. The maximum atomic E-state index is 4.45. The fraction of sp³-hybridized carbons (Fsp3) is 0.400. The first-order valence-corrected chi connectivity index (χ1v) is 7.58. The van der Waals surface area contributed by atoms with E-state index in [-0.39, 0.29) is 0 Å². The summed E-state index contributed by atoms with van der Waals surface area (Å²) in [7, 11) is 4.02. The molecule has 0 saturated heterocycles. The lowest BCUT2D eigenvalue weighted by Gasteiger charge is -2.24. The van der Waals surface area contributed by atoms with Gasteiger partial charge in [0.05, 0.1) is 17.9 Å². The monoisotopic (exact) mass is 273 g/mol. The van der Waals surface area contributed by atoms with E-state index in [1.165, 1.54) is 24.8 Å². The highest BCUT2D eigenvalue weighted by molar-refractivity contribution is 7.10. The van der Waals surface area contributed by atoms with Crippen molar-refractivity contribution in [3.05, 3.63) is 40.2 Å². The van der Waals surface area contributed by atoms with Crippen LogP contribution in [0.3, 0.4) is 0 Å². The number of aryl methyl sites for hydroxylation is 1. The van der Waals surface area contributed by atoms with Crippen molar-refractivity contribution in [3.63, 3.8) is 0 Å². The van der Waals surface area contributed by atoms with Crippen molar-refractivity contribution in [2.24, 2.45) is 0 Å². The van der Waals surface area contributed by atoms with E-state index in [1.54, 1.807) is 4.88 Å². The van der Waals surface area contributed by atoms with E-state index >= 15 is 0 Å². The quantitative estimate of drug-likeness (QED) is 0.924. The number of nitrogens with zero attached hydrogens (tertiary/aromatic N) is 2. The van der Waals surface area contributed by atoms with Crippen LogP contribution in [-0.4, -0.2) is 19.1 Å². The number of fused-ring (bicyclic) bond motifs is 1. The van der Waals surface area contributed by atoms with Crippen LogP contribution in [0.5, 0.6) is 0 Å². The third-order valence-corrected chi connectivity index (χ3v) is 4.60. The van der Waals surface area contributed by atoms with Gasteiger partial charge in [-0.05, 0) is 48.4 Å². The van der Waals surface area contributed by atoms with Crippen LogP contribution in [0.25, 0.3) is 0 Å². The Morgan fingerprint density at radius 2 is 2.21 bits per heavy atom. The van der Waals surface area contributed by atoms with Gasteiger partial charge in [-0.25, -0.2) is 4.98 Å². The molecule has 2 aromatic rings. The van der Waals surface area contributed by atoms with Crippen LogP contribution in [0.2, 0.25) is 0 Å². The molecule has 100 valence electrons. The van der Waals surface area contributed by atoms with Crippen molar-refractivity contribution in [3.8, 4) is 0 Å². The molecule has 4 heteroatoms. The van der Waals surface area contributed by atoms with Crippen LogP contribution in [-0.2, 0) is 6.42 Å². The Balaban J connectivity index is 1.76. The maximum absolute atomic E-state index is 4.45. The summed E-state index contributed by atoms with van der Waals surface area (Å²) in [6.45, 7) is 0. The highest BCUT2D eigenvalue weighted by Crippen LogP contribution is 2.35. The molecule has 0 spiro atoms. The van der Waals surface area contributed by atoms with Crippen molar-refractivity contribution in [2.75, 3.05) is 24.3 Å². The van der Waals surface area contributed by atoms with Gasteiger partial charge in [0.2, 0.25) is 0 Å². The molecule has 2 aromatic heterocycles. The second kappa shape index (κ2) is 5.21. The molecule has 0 fully saturated rings. The van der Waals surface area contributed by atoms with Gasteiger partial charge in [-0.3, -0.25) is 0 Å². The van der Waals surface area contributed by atoms with Gasteiger partial charge in [-0.2, -0.15) is 0 Å². The van der Waals surface area contributed by atoms with Crippen molar-refractivity contribution >= 4 is 22.8 Å². The fourth-order valence-corrected chi connectivity index (χ4v) is 3.56. The van der Waals surface area contributed by atoms with Crippen LogP contribution in [0, 0.1) is 0 Å². The summed E-state index contributed by atoms with van der Waals surface area (Å²) in [6, 6.07) is 6.88. The Kier molecular flexibility index (Phi) is 3.42. The molecule has 0 bridgehead atoms. The number of hydrogen-bond donors (Lipinski definition) is 1. The van der Waals surface area contributed by atoms with E-state index in [0.717, 1.165) is 11.5 Å². The van der Waals surface area contributed by atoms with Gasteiger partial charge >= 0.3 is 0 Å². The molecule has 3 nitrogen and oxygen atoms in total. The second-order valence-electron chi connectivity index (χ2n) is 5.19. The first kappa shape index (κ1) is 12.5. The minimum absolute atomic E-state index is 0.446. The molecule has 19 heavy (non-hydrogen) atoms. The number of pyridine rings is 1. The third-order valence-electron chi connectivity index (χ3n) is 3.60. The van der Waals surface area contributed by atoms with E-state index in [2.05, 4.69) is 33.9 Å². The van der Waals surface area contributed by atoms with Crippen molar-refractivity contribution in [1.82, 2.24) is 4.98 Å². The molecule has 0 radical (unpaired) electrons. The van der Waals surface area contributed by atoms with E-state index in [1.807, 2.05) is 36.5 Å². The molecular weight excluding hydrogens is 254 g/mol. The number of anilines is 2. The smallest absolute Gasteiger partial charge is 0.128 e. The van der Waals surface area contributed by atoms with Gasteiger partial charge < -0.3 is 10.2 Å². The number of aromatic nitrogens is 1. The van der Waals surface area contributed by atoms with Crippen molar-refractivity contribution in [2.45, 2.75) is 25.3 Å². The lowest BCUT2D eigenvalue weighted by molar-refractivity contribution is 0.608. The Hall–Kier alpha value is -1.55. The third kappa shape index (κ3) is 2.59. The zero-order valence-corrected chi connectivity index (χ0v) is 12.2. The average Bonchev–Trinajstić information content (AvgIpc) is 2.89. The molecule has 2 heterocycles. The van der Waals surface area contributed by atoms with Crippen LogP contribution in [0.4, 0.5) is 11.5 Å². The molecule has 0 aromatic carbocycles. The molecule has 3 rings (SSSR count). The topological polar surface area (TPSA) is 28.2 Å². The summed E-state index contributed by atoms with van der Waals surface area (Å²) in [5, 5.41) is 5.82. The van der Waals surface area contributed by atoms with Crippen LogP contribution < -0.4 is 10.2 Å². The Bertz CT molecular complexity index is 545. The molecular formula is C15H19N3S. The van der Waals surface area contributed by atoms with Gasteiger partial charge in [0.25, 0.3) is 0 Å². The molecule has 1 aliphatic rings. The van der Waals surface area contributed by atoms with E-state index < -0.39 is 0 Å². The van der Waals surface area contributed by atoms with E-state index in [4.69, 9.17) is 0 Å². The minimum atomic E-state index is 0.446. The zero-order valence-electron chi connectivity index (χ0n) is 11.4. The van der Waals surface area contributed by atoms with Crippen LogP contribution in [0.1, 0.15) is 29.3 Å². The highest BCUT2D eigenvalue weighted by Gasteiger charge is 2.20. The predicted molar refractivity (Wildman–Crippen MR) is 82.2 cm³/mol. The molecule has 1 unspecified atom stereocenters. The summed E-state index contributed by atoms with van der Waals surface area (Å²) >= 11 is 1.88. The summed E-state index contributed by atoms with van der Waals surface area (Å²) < 4.78 is 0. The predicted octanol–water partition coefficient (Wildman–Crippen LogP) is 3.70. The summed E-state index contributed by atoms with van der Waals surface area (Å²) in [6.07, 6.45) is 5.65. The number of nitrogens with one attached hydrogen (secondary N) is 1. The summed E-state index contributed by atoms with van der Waals surface area (Å²) in [5.41, 5.74) is 2.59.